The molecule has 0 saturated heterocycles. The summed E-state index contributed by atoms with van der Waals surface area (Å²) in [4.78, 5) is 0. The minimum absolute atomic E-state index is 0.194. The Kier molecular flexibility index (Phi) is 5.74. The van der Waals surface area contributed by atoms with Crippen molar-refractivity contribution < 1.29 is 10.2 Å². The van der Waals surface area contributed by atoms with E-state index in [1.165, 1.54) is 13.2 Å². The van der Waals surface area contributed by atoms with E-state index in [4.69, 9.17) is 0 Å². The normalized spacial score (nSPS) is 13.0. The summed E-state index contributed by atoms with van der Waals surface area (Å²) in [6.45, 7) is 1.93. The Bertz CT molecular complexity index is 676. The first kappa shape index (κ1) is 17.9. The second kappa shape index (κ2) is 8.00. The van der Waals surface area contributed by atoms with Crippen LogP contribution >= 0.6 is 0 Å². The molecule has 128 valence electrons. The molecule has 0 heterocycles. The van der Waals surface area contributed by atoms with Gasteiger partial charge < -0.3 is 0 Å². The standard InChI is InChI=1S/C22H24GeO2/c1-18(22(24)25)17-23(19-11-5-2-6-12-19,20-13-7-3-8-14-20)21-15-9-4-10-16-21/h2-16,18,22,24-25H,17H2,1H3. The molecule has 0 amide bonds. The van der Waals surface area contributed by atoms with Gasteiger partial charge in [-0.2, -0.15) is 0 Å². The predicted molar refractivity (Wildman–Crippen MR) is 106 cm³/mol. The molecule has 0 aliphatic rings. The average Bonchev–Trinajstić information content (AvgIpc) is 2.68. The molecule has 0 saturated carbocycles. The Labute approximate surface area is 152 Å². The van der Waals surface area contributed by atoms with E-state index in [1.54, 1.807) is 0 Å². The van der Waals surface area contributed by atoms with Crippen molar-refractivity contribution >= 4 is 26.5 Å². The molecule has 1 atom stereocenters. The Morgan fingerprint density at radius 3 is 1.24 bits per heavy atom. The van der Waals surface area contributed by atoms with E-state index >= 15 is 0 Å². The number of benzene rings is 3. The van der Waals surface area contributed by atoms with E-state index < -0.39 is 19.6 Å². The maximum absolute atomic E-state index is 9.81. The Morgan fingerprint density at radius 1 is 0.640 bits per heavy atom. The molecule has 3 rings (SSSR count). The fraction of sp³-hybridized carbons (Fsp3) is 0.182. The molecule has 25 heavy (non-hydrogen) atoms. The van der Waals surface area contributed by atoms with Gasteiger partial charge in [0.1, 0.15) is 0 Å². The van der Waals surface area contributed by atoms with Crippen molar-refractivity contribution in [3.63, 3.8) is 0 Å². The van der Waals surface area contributed by atoms with Gasteiger partial charge in [0.05, 0.1) is 0 Å². The van der Waals surface area contributed by atoms with Crippen LogP contribution in [0.2, 0.25) is 5.25 Å². The van der Waals surface area contributed by atoms with Crippen LogP contribution in [-0.4, -0.2) is 29.8 Å². The van der Waals surface area contributed by atoms with Gasteiger partial charge in [0, 0.05) is 0 Å². The molecule has 3 aromatic rings. The third-order valence-corrected chi connectivity index (χ3v) is 15.9. The van der Waals surface area contributed by atoms with Crippen LogP contribution in [0.5, 0.6) is 0 Å². The molecule has 3 aromatic carbocycles. The zero-order valence-corrected chi connectivity index (χ0v) is 16.5. The summed E-state index contributed by atoms with van der Waals surface area (Å²) < 4.78 is 4.02. The summed E-state index contributed by atoms with van der Waals surface area (Å²) in [7, 11) is 0. The van der Waals surface area contributed by atoms with Crippen LogP contribution in [0, 0.1) is 5.92 Å². The van der Waals surface area contributed by atoms with Crippen molar-refractivity contribution in [2.75, 3.05) is 0 Å². The monoisotopic (exact) mass is 394 g/mol. The van der Waals surface area contributed by atoms with Crippen molar-refractivity contribution in [1.29, 1.82) is 0 Å². The van der Waals surface area contributed by atoms with E-state index in [9.17, 15) is 10.2 Å². The van der Waals surface area contributed by atoms with Gasteiger partial charge >= 0.3 is 152 Å². The fourth-order valence-corrected chi connectivity index (χ4v) is 14.5. The molecule has 0 aliphatic heterocycles. The first-order valence-electron chi connectivity index (χ1n) is 8.67. The molecule has 2 N–H and O–H groups in total. The molecule has 2 nitrogen and oxygen atoms in total. The van der Waals surface area contributed by atoms with Gasteiger partial charge in [0.15, 0.2) is 0 Å². The van der Waals surface area contributed by atoms with Gasteiger partial charge in [0.2, 0.25) is 0 Å². The first-order chi connectivity index (χ1) is 12.1. The number of hydrogen-bond acceptors (Lipinski definition) is 2. The molecule has 1 unspecified atom stereocenters. The summed E-state index contributed by atoms with van der Waals surface area (Å²) in [5.74, 6) is -0.194. The summed E-state index contributed by atoms with van der Waals surface area (Å²) in [5.41, 5.74) is 0. The van der Waals surface area contributed by atoms with Crippen LogP contribution in [0.1, 0.15) is 6.92 Å². The van der Waals surface area contributed by atoms with Crippen LogP contribution in [0.3, 0.4) is 0 Å². The molecule has 0 fully saturated rings. The van der Waals surface area contributed by atoms with Crippen LogP contribution in [-0.2, 0) is 0 Å². The summed E-state index contributed by atoms with van der Waals surface area (Å²) >= 11 is -3.05. The van der Waals surface area contributed by atoms with Gasteiger partial charge in [-0.25, -0.2) is 0 Å². The number of aliphatic hydroxyl groups is 2. The van der Waals surface area contributed by atoms with E-state index in [-0.39, 0.29) is 5.92 Å². The third kappa shape index (κ3) is 3.71. The molecule has 3 heteroatoms. The summed E-state index contributed by atoms with van der Waals surface area (Å²) in [6.07, 6.45) is -1.30. The van der Waals surface area contributed by atoms with Crippen molar-refractivity contribution in [2.45, 2.75) is 18.5 Å². The quantitative estimate of drug-likeness (QED) is 0.498. The van der Waals surface area contributed by atoms with Crippen molar-refractivity contribution in [2.24, 2.45) is 5.92 Å². The summed E-state index contributed by atoms with van der Waals surface area (Å²) in [6, 6.07) is 31.9. The molecule has 0 radical (unpaired) electrons. The number of rotatable bonds is 6. The van der Waals surface area contributed by atoms with Gasteiger partial charge in [-0.05, 0) is 0 Å². The summed E-state index contributed by atoms with van der Waals surface area (Å²) in [5, 5.41) is 20.4. The van der Waals surface area contributed by atoms with Crippen LogP contribution in [0.4, 0.5) is 0 Å². The van der Waals surface area contributed by atoms with E-state index in [0.29, 0.717) is 0 Å². The SMILES string of the molecule is CC([CH2][Ge]([c]1ccccc1)([c]1ccccc1)[c]1ccccc1)C(O)O. The van der Waals surface area contributed by atoms with Crippen LogP contribution in [0.25, 0.3) is 0 Å². The average molecular weight is 393 g/mol. The van der Waals surface area contributed by atoms with Gasteiger partial charge in [-0.3, -0.25) is 0 Å². The van der Waals surface area contributed by atoms with Crippen LogP contribution < -0.4 is 13.2 Å². The maximum atomic E-state index is 9.81. The zero-order chi connectivity index (χ0) is 17.7. The number of aliphatic hydroxyl groups excluding tert-OH is 1. The molecule has 0 bridgehead atoms. The van der Waals surface area contributed by atoms with Crippen LogP contribution in [0.15, 0.2) is 91.0 Å². The molecule has 0 spiro atoms. The first-order valence-corrected chi connectivity index (χ1v) is 13.3. The Morgan fingerprint density at radius 2 is 0.960 bits per heavy atom. The Hall–Kier alpha value is -1.88. The van der Waals surface area contributed by atoms with E-state index in [0.717, 1.165) is 5.25 Å². The second-order valence-corrected chi connectivity index (χ2v) is 14.9. The third-order valence-electron chi connectivity index (χ3n) is 4.94. The zero-order valence-electron chi connectivity index (χ0n) is 14.4. The fourth-order valence-electron chi connectivity index (χ4n) is 3.61. The Balaban J connectivity index is 2.27. The predicted octanol–water partition coefficient (Wildman–Crippen LogP) is 2.10. The number of hydrogen-bond donors (Lipinski definition) is 2. The van der Waals surface area contributed by atoms with Gasteiger partial charge in [-0.15, -0.1) is 0 Å². The second-order valence-electron chi connectivity index (χ2n) is 6.60. The molecular weight excluding hydrogens is 369 g/mol. The van der Waals surface area contributed by atoms with Crippen molar-refractivity contribution in [3.05, 3.63) is 91.0 Å². The van der Waals surface area contributed by atoms with Gasteiger partial charge in [0.25, 0.3) is 0 Å². The van der Waals surface area contributed by atoms with E-state index in [2.05, 4.69) is 72.8 Å². The van der Waals surface area contributed by atoms with Crippen molar-refractivity contribution in [3.8, 4) is 0 Å². The van der Waals surface area contributed by atoms with Crippen molar-refractivity contribution in [1.82, 2.24) is 0 Å². The molecule has 0 aromatic heterocycles. The van der Waals surface area contributed by atoms with E-state index in [1.807, 2.05) is 25.1 Å². The minimum atomic E-state index is -3.05. The topological polar surface area (TPSA) is 40.5 Å². The van der Waals surface area contributed by atoms with Gasteiger partial charge in [-0.1, -0.05) is 0 Å². The molecular formula is C22H24GeO2. The molecule has 0 aliphatic carbocycles.